The number of aliphatic imine (C=N–C) groups is 1. The highest BCUT2D eigenvalue weighted by Crippen LogP contribution is 2.32. The molecule has 1 aliphatic rings. The fourth-order valence-corrected chi connectivity index (χ4v) is 12.8. The lowest BCUT2D eigenvalue weighted by atomic mass is 10.0. The van der Waals surface area contributed by atoms with E-state index in [1.165, 1.54) is 58.6 Å². The van der Waals surface area contributed by atoms with Gasteiger partial charge in [-0.05, 0) is 67.3 Å². The van der Waals surface area contributed by atoms with Crippen LogP contribution in [0.2, 0.25) is 0 Å². The number of amides is 8. The standard InChI is InChI=1S/C58H70FN15O16S4/c1-5-92-93-29-44(68-54(86)42(25-48(80)81)67-56(88)49(30(2)3)71-51(83)39(13-14-46(76)77)65-53(85)41(24-47(78)79)62-31(4)75)55(87)66-40(22-35-27-74(73-72-35)17-20-89-19-15-59)52(84)64-33-9-11-38-45(23-33)94-58(69-38)57-70-43(28-91-57)50(82)61-16-6-18-90-36-10-12-37-32(21-36)7-8-34(26-60)63-37/h7-12,21,23,27,30,39-44,49H,5-6,13-20,22,24-25,28-29H2,1-4H3,(H,61,82)(H,62,75)(H,64,84)(H,65,85)(H,66,87)(H,67,88)(H,68,86)(H,71,83)(H,76,77)(H,78,79)(H,80,81)/t39-,40?,41-,42-,43+,44?,49-/m0/s1. The van der Waals surface area contributed by atoms with Crippen LogP contribution in [0, 0.1) is 17.2 Å². The summed E-state index contributed by atoms with van der Waals surface area (Å²) in [6.45, 7) is 5.80. The second kappa shape index (κ2) is 37.0. The Hall–Kier alpha value is -9.05. The fourth-order valence-electron chi connectivity index (χ4n) is 8.87. The molecular weight excluding hydrogens is 1310 g/mol. The number of nitrogens with zero attached hydrogens (tertiary/aromatic N) is 7. The first kappa shape index (κ1) is 74.0. The van der Waals surface area contributed by atoms with E-state index >= 15 is 0 Å². The van der Waals surface area contributed by atoms with Crippen LogP contribution in [0.15, 0.2) is 59.7 Å². The molecule has 2 unspecified atom stereocenters. The lowest BCUT2D eigenvalue weighted by Crippen LogP contribution is -2.61. The zero-order valence-corrected chi connectivity index (χ0v) is 54.5. The summed E-state index contributed by atoms with van der Waals surface area (Å²) >= 11 is 2.63. The van der Waals surface area contributed by atoms with Crippen molar-refractivity contribution in [2.75, 3.05) is 55.6 Å². The van der Waals surface area contributed by atoms with E-state index < -0.39 is 140 Å². The van der Waals surface area contributed by atoms with E-state index in [0.717, 1.165) is 23.1 Å². The van der Waals surface area contributed by atoms with Gasteiger partial charge in [0, 0.05) is 60.8 Å². The lowest BCUT2D eigenvalue weighted by molar-refractivity contribution is -0.142. The maximum absolute atomic E-state index is 14.5. The number of carboxylic acid groups (broad SMARTS) is 3. The van der Waals surface area contributed by atoms with Crippen molar-refractivity contribution in [1.82, 2.24) is 62.2 Å². The largest absolute Gasteiger partial charge is 0.494 e. The Morgan fingerprint density at radius 1 is 0.766 bits per heavy atom. The van der Waals surface area contributed by atoms with E-state index in [1.807, 2.05) is 19.1 Å². The molecule has 8 amide bonds. The third-order valence-electron chi connectivity index (χ3n) is 13.5. The molecule has 3 aromatic heterocycles. The number of nitriles is 1. The summed E-state index contributed by atoms with van der Waals surface area (Å²) in [6, 6.07) is 5.15. The van der Waals surface area contributed by atoms with Gasteiger partial charge in [0.25, 0.3) is 0 Å². The number of carbonyl (C=O) groups is 11. The number of benzene rings is 2. The average Bonchev–Trinajstić information content (AvgIpc) is 1.60. The first-order valence-electron chi connectivity index (χ1n) is 29.3. The number of halogens is 1. The summed E-state index contributed by atoms with van der Waals surface area (Å²) in [5.74, 6) is -11.3. The number of carbonyl (C=O) groups excluding carboxylic acids is 8. The maximum Gasteiger partial charge on any atom is 0.305 e. The van der Waals surface area contributed by atoms with E-state index in [4.69, 9.17) is 19.7 Å². The number of thioether (sulfide) groups is 1. The highest BCUT2D eigenvalue weighted by molar-refractivity contribution is 8.76. The van der Waals surface area contributed by atoms with Gasteiger partial charge < -0.3 is 67.3 Å². The number of carboxylic acids is 3. The predicted molar refractivity (Wildman–Crippen MR) is 345 cm³/mol. The third-order valence-corrected chi connectivity index (χ3v) is 18.2. The molecule has 0 saturated carbocycles. The van der Waals surface area contributed by atoms with Crippen LogP contribution in [-0.4, -0.2) is 203 Å². The molecule has 11 N–H and O–H groups in total. The van der Waals surface area contributed by atoms with Crippen LogP contribution < -0.4 is 47.3 Å². The molecule has 2 aromatic carbocycles. The highest BCUT2D eigenvalue weighted by atomic mass is 33.1. The van der Waals surface area contributed by atoms with E-state index in [9.17, 15) is 72.4 Å². The second-order valence-corrected chi connectivity index (χ2v) is 26.0. The number of hydrogen-bond donors (Lipinski definition) is 11. The quantitative estimate of drug-likeness (QED) is 0.0197. The minimum atomic E-state index is -1.92. The highest BCUT2D eigenvalue weighted by Gasteiger charge is 2.36. The fraction of sp³-hybridized carbons (Fsp3) is 0.466. The summed E-state index contributed by atoms with van der Waals surface area (Å²) < 4.78 is 25.8. The van der Waals surface area contributed by atoms with Gasteiger partial charge in [-0.25, -0.2) is 19.0 Å². The molecule has 0 aliphatic carbocycles. The molecule has 6 rings (SSSR count). The summed E-state index contributed by atoms with van der Waals surface area (Å²) in [5.41, 5.74) is 2.04. The Morgan fingerprint density at radius 2 is 1.45 bits per heavy atom. The van der Waals surface area contributed by atoms with Crippen molar-refractivity contribution in [3.8, 4) is 11.8 Å². The molecule has 0 bridgehead atoms. The van der Waals surface area contributed by atoms with Crippen molar-refractivity contribution in [1.29, 1.82) is 5.26 Å². The Balaban J connectivity index is 1.14. The van der Waals surface area contributed by atoms with Crippen LogP contribution in [0.4, 0.5) is 10.1 Å². The van der Waals surface area contributed by atoms with Crippen LogP contribution in [0.3, 0.4) is 0 Å². The van der Waals surface area contributed by atoms with E-state index in [2.05, 4.69) is 62.8 Å². The van der Waals surface area contributed by atoms with Crippen LogP contribution >= 0.6 is 44.7 Å². The third kappa shape index (κ3) is 23.5. The first-order chi connectivity index (χ1) is 44.9. The number of rotatable bonds is 39. The smallest absolute Gasteiger partial charge is 0.305 e. The summed E-state index contributed by atoms with van der Waals surface area (Å²) in [7, 11) is 2.45. The Labute approximate surface area is 552 Å². The number of aromatic nitrogens is 5. The molecule has 5 aromatic rings. The van der Waals surface area contributed by atoms with E-state index in [0.29, 0.717) is 68.3 Å². The van der Waals surface area contributed by atoms with Crippen LogP contribution in [0.25, 0.3) is 21.1 Å². The summed E-state index contributed by atoms with van der Waals surface area (Å²) in [6.07, 6.45) is -1.51. The van der Waals surface area contributed by atoms with Crippen molar-refractivity contribution in [2.24, 2.45) is 10.9 Å². The Morgan fingerprint density at radius 3 is 2.13 bits per heavy atom. The number of pyridine rings is 1. The molecular formula is C58H70FN15O16S4. The minimum Gasteiger partial charge on any atom is -0.494 e. The first-order valence-corrected chi connectivity index (χ1v) is 33.6. The number of ether oxygens (including phenoxy) is 2. The minimum absolute atomic E-state index is 0.0779. The molecule has 94 heavy (non-hydrogen) atoms. The normalized spacial score (nSPS) is 14.6. The van der Waals surface area contributed by atoms with Gasteiger partial charge in [-0.2, -0.15) is 5.26 Å². The summed E-state index contributed by atoms with van der Waals surface area (Å²) in [5, 5.41) is 67.9. The van der Waals surface area contributed by atoms with Crippen molar-refractivity contribution in [3.63, 3.8) is 0 Å². The monoisotopic (exact) mass is 1380 g/mol. The number of nitrogens with one attached hydrogen (secondary N) is 8. The molecule has 36 heteroatoms. The average molecular weight is 1380 g/mol. The van der Waals surface area contributed by atoms with Crippen molar-refractivity contribution in [3.05, 3.63) is 71.1 Å². The molecule has 7 atom stereocenters. The molecule has 504 valence electrons. The maximum atomic E-state index is 14.5. The lowest BCUT2D eigenvalue weighted by Gasteiger charge is -2.28. The Kier molecular flexibility index (Phi) is 29.1. The Bertz CT molecular complexity index is 3630. The molecule has 1 aliphatic heterocycles. The number of aliphatic carboxylic acids is 3. The van der Waals surface area contributed by atoms with Gasteiger partial charge in [-0.15, -0.1) is 28.2 Å². The number of anilines is 1. The molecule has 4 heterocycles. The van der Waals surface area contributed by atoms with Gasteiger partial charge in [-0.3, -0.25) is 57.7 Å². The predicted octanol–water partition coefficient (Wildman–Crippen LogP) is 1.72. The van der Waals surface area contributed by atoms with Crippen LogP contribution in [-0.2, 0) is 70.4 Å². The van der Waals surface area contributed by atoms with Gasteiger partial charge in [0.1, 0.15) is 76.5 Å². The molecule has 31 nitrogen and oxygen atoms in total. The van der Waals surface area contributed by atoms with E-state index in [-0.39, 0.29) is 49.2 Å². The van der Waals surface area contributed by atoms with Gasteiger partial charge >= 0.3 is 17.9 Å². The van der Waals surface area contributed by atoms with Crippen LogP contribution in [0.1, 0.15) is 76.2 Å². The number of alkyl halides is 1. The van der Waals surface area contributed by atoms with Crippen LogP contribution in [0.5, 0.6) is 5.75 Å². The number of hydrogen-bond acceptors (Lipinski definition) is 23. The molecule has 0 radical (unpaired) electrons. The van der Waals surface area contributed by atoms with Gasteiger partial charge in [-0.1, -0.05) is 47.6 Å². The van der Waals surface area contributed by atoms with Crippen molar-refractivity contribution in [2.45, 2.75) is 115 Å². The van der Waals surface area contributed by atoms with Gasteiger partial charge in [0.05, 0.1) is 60.6 Å². The SMILES string of the molecule is CCSSCC(NC(=O)[C@H](CC(=O)O)NC(=O)[C@@H](NC(=O)[C@H](CCC(=O)O)NC(=O)[C@H](CC(=O)O)NC(C)=O)C(C)C)C(=O)NC(Cc1cn(CCOCCF)nn1)C(=O)Nc1ccc2nc(C3=N[C@@H](C(=O)NCCCOc4ccc5nc(C#N)ccc5c4)CS3)sc2c1. The van der Waals surface area contributed by atoms with E-state index in [1.54, 1.807) is 42.5 Å². The molecule has 0 saturated heterocycles. The van der Waals surface area contributed by atoms with Crippen molar-refractivity contribution < 1.29 is 81.9 Å². The van der Waals surface area contributed by atoms with Gasteiger partial charge in [0.2, 0.25) is 47.3 Å². The number of fused-ring (bicyclic) bond motifs is 2. The molecule has 0 fully saturated rings. The zero-order valence-electron chi connectivity index (χ0n) is 51.2. The second-order valence-electron chi connectivity index (χ2n) is 21.1. The molecule has 0 spiro atoms. The number of thiazole rings is 1. The zero-order chi connectivity index (χ0) is 68.4. The van der Waals surface area contributed by atoms with Gasteiger partial charge in [0.15, 0.2) is 0 Å². The van der Waals surface area contributed by atoms with Crippen molar-refractivity contribution >= 4 is 142 Å². The topological polar surface area (TPSA) is 456 Å². The summed E-state index contributed by atoms with van der Waals surface area (Å²) in [4.78, 5) is 158.